The van der Waals surface area contributed by atoms with Crippen molar-refractivity contribution in [3.63, 3.8) is 0 Å². The lowest BCUT2D eigenvalue weighted by Crippen LogP contribution is -2.40. The van der Waals surface area contributed by atoms with Crippen LogP contribution < -0.4 is 10.6 Å². The first-order chi connectivity index (χ1) is 14.3. The summed E-state index contributed by atoms with van der Waals surface area (Å²) < 4.78 is 53.2. The van der Waals surface area contributed by atoms with E-state index in [1.165, 1.54) is 24.4 Å². The molecule has 1 saturated heterocycles. The number of piperidine rings is 1. The minimum Gasteiger partial charge on any atom is -0.355 e. The molecule has 2 N–H and O–H groups in total. The van der Waals surface area contributed by atoms with Crippen LogP contribution >= 0.6 is 0 Å². The molecule has 156 valence electrons. The zero-order chi connectivity index (χ0) is 21.3. The average molecular weight is 417 g/mol. The molecule has 1 aliphatic heterocycles. The number of pyridine rings is 1. The van der Waals surface area contributed by atoms with Crippen LogP contribution in [-0.2, 0) is 6.18 Å². The molecule has 2 aromatic heterocycles. The minimum absolute atomic E-state index is 0.137. The zero-order valence-electron chi connectivity index (χ0n) is 15.9. The number of benzene rings is 1. The molecule has 0 bridgehead atoms. The van der Waals surface area contributed by atoms with Gasteiger partial charge in [0.05, 0.1) is 23.7 Å². The number of anilines is 1. The summed E-state index contributed by atoms with van der Waals surface area (Å²) in [6, 6.07) is 6.19. The van der Waals surface area contributed by atoms with Crippen LogP contribution in [0.2, 0.25) is 0 Å². The molecule has 5 nitrogen and oxygen atoms in total. The van der Waals surface area contributed by atoms with E-state index in [0.29, 0.717) is 30.2 Å². The normalized spacial score (nSPS) is 15.4. The van der Waals surface area contributed by atoms with Gasteiger partial charge in [-0.25, -0.2) is 9.37 Å². The summed E-state index contributed by atoms with van der Waals surface area (Å²) in [5.41, 5.74) is 6.34. The SMILES string of the molecule is NC1CCN(c2cnc(-c3ccc(C(F)(F)F)cc3)c(-c3ccncc3F)n2)CC1. The summed E-state index contributed by atoms with van der Waals surface area (Å²) in [5.74, 6) is -0.0125. The van der Waals surface area contributed by atoms with Gasteiger partial charge in [0.1, 0.15) is 11.5 Å². The second kappa shape index (κ2) is 7.98. The molecule has 1 aromatic carbocycles. The highest BCUT2D eigenvalue weighted by atomic mass is 19.4. The van der Waals surface area contributed by atoms with Crippen molar-refractivity contribution in [1.82, 2.24) is 15.0 Å². The van der Waals surface area contributed by atoms with Gasteiger partial charge >= 0.3 is 6.18 Å². The van der Waals surface area contributed by atoms with Crippen LogP contribution in [0.15, 0.2) is 48.9 Å². The predicted octanol–water partition coefficient (Wildman–Crippen LogP) is 4.29. The van der Waals surface area contributed by atoms with Gasteiger partial charge < -0.3 is 10.6 Å². The average Bonchev–Trinajstić information content (AvgIpc) is 2.74. The smallest absolute Gasteiger partial charge is 0.355 e. The number of aromatic nitrogens is 3. The first-order valence-electron chi connectivity index (χ1n) is 9.48. The molecule has 4 rings (SSSR count). The van der Waals surface area contributed by atoms with Gasteiger partial charge in [0, 0.05) is 36.5 Å². The van der Waals surface area contributed by atoms with Crippen LogP contribution in [0.3, 0.4) is 0 Å². The van der Waals surface area contributed by atoms with Crippen LogP contribution in [0.5, 0.6) is 0 Å². The van der Waals surface area contributed by atoms with Crippen molar-refractivity contribution in [2.45, 2.75) is 25.1 Å². The summed E-state index contributed by atoms with van der Waals surface area (Å²) in [5, 5.41) is 0. The number of halogens is 4. The fourth-order valence-corrected chi connectivity index (χ4v) is 3.44. The van der Waals surface area contributed by atoms with E-state index < -0.39 is 17.6 Å². The zero-order valence-corrected chi connectivity index (χ0v) is 15.9. The maximum absolute atomic E-state index is 14.5. The molecule has 0 radical (unpaired) electrons. The molecule has 9 heteroatoms. The van der Waals surface area contributed by atoms with Gasteiger partial charge in [-0.1, -0.05) is 12.1 Å². The number of nitrogens with two attached hydrogens (primary N) is 1. The largest absolute Gasteiger partial charge is 0.416 e. The second-order valence-corrected chi connectivity index (χ2v) is 7.18. The van der Waals surface area contributed by atoms with E-state index in [9.17, 15) is 17.6 Å². The van der Waals surface area contributed by atoms with Crippen molar-refractivity contribution in [3.8, 4) is 22.5 Å². The molecule has 1 aliphatic rings. The topological polar surface area (TPSA) is 67.9 Å². The standard InChI is InChI=1S/C21H19F4N5/c22-17-11-27-8-5-16(17)20-19(13-1-3-14(4-2-13)21(23,24)25)28-12-18(29-20)30-9-6-15(26)7-10-30/h1-5,8,11-12,15H,6-7,9-10,26H2. The van der Waals surface area contributed by atoms with Crippen LogP contribution in [0.25, 0.3) is 22.5 Å². The van der Waals surface area contributed by atoms with Crippen molar-refractivity contribution in [2.75, 3.05) is 18.0 Å². The third-order valence-corrected chi connectivity index (χ3v) is 5.14. The highest BCUT2D eigenvalue weighted by Crippen LogP contribution is 2.35. The maximum Gasteiger partial charge on any atom is 0.416 e. The van der Waals surface area contributed by atoms with Crippen molar-refractivity contribution >= 4 is 5.82 Å². The highest BCUT2D eigenvalue weighted by Gasteiger charge is 2.30. The number of nitrogens with zero attached hydrogens (tertiary/aromatic N) is 4. The Balaban J connectivity index is 1.79. The molecule has 3 aromatic rings. The van der Waals surface area contributed by atoms with E-state index >= 15 is 0 Å². The summed E-state index contributed by atoms with van der Waals surface area (Å²) >= 11 is 0. The van der Waals surface area contributed by atoms with E-state index in [1.54, 1.807) is 6.20 Å². The Bertz CT molecular complexity index is 1030. The molecular formula is C21H19F4N5. The molecule has 30 heavy (non-hydrogen) atoms. The van der Waals surface area contributed by atoms with Crippen LogP contribution in [0.1, 0.15) is 18.4 Å². The van der Waals surface area contributed by atoms with Crippen molar-refractivity contribution in [1.29, 1.82) is 0 Å². The maximum atomic E-state index is 14.5. The number of hydrogen-bond donors (Lipinski definition) is 1. The van der Waals surface area contributed by atoms with Crippen LogP contribution in [0.4, 0.5) is 23.4 Å². The van der Waals surface area contributed by atoms with E-state index in [2.05, 4.69) is 15.0 Å². The number of rotatable bonds is 3. The highest BCUT2D eigenvalue weighted by molar-refractivity contribution is 5.79. The molecule has 3 heterocycles. The minimum atomic E-state index is -4.44. The number of alkyl halides is 3. The molecule has 0 amide bonds. The Labute approximate surface area is 170 Å². The lowest BCUT2D eigenvalue weighted by molar-refractivity contribution is -0.137. The van der Waals surface area contributed by atoms with Gasteiger partial charge in [0.15, 0.2) is 5.82 Å². The first-order valence-corrected chi connectivity index (χ1v) is 9.48. The van der Waals surface area contributed by atoms with Crippen molar-refractivity contribution in [3.05, 3.63) is 60.3 Å². The summed E-state index contributed by atoms with van der Waals surface area (Å²) in [6.45, 7) is 1.40. The molecule has 0 saturated carbocycles. The fraction of sp³-hybridized carbons (Fsp3) is 0.286. The van der Waals surface area contributed by atoms with Gasteiger partial charge in [-0.3, -0.25) is 9.97 Å². The molecule has 0 unspecified atom stereocenters. The molecule has 0 atom stereocenters. The Hall–Kier alpha value is -3.07. The third kappa shape index (κ3) is 4.11. The van der Waals surface area contributed by atoms with E-state index in [1.807, 2.05) is 4.90 Å². The van der Waals surface area contributed by atoms with Crippen molar-refractivity contribution in [2.24, 2.45) is 5.73 Å². The van der Waals surface area contributed by atoms with Gasteiger partial charge in [-0.15, -0.1) is 0 Å². The summed E-state index contributed by atoms with van der Waals surface area (Å²) in [6.07, 6.45) is 1.24. The van der Waals surface area contributed by atoms with E-state index in [-0.39, 0.29) is 17.3 Å². The van der Waals surface area contributed by atoms with Crippen molar-refractivity contribution < 1.29 is 17.6 Å². The quantitative estimate of drug-likeness (QED) is 0.644. The fourth-order valence-electron chi connectivity index (χ4n) is 3.44. The second-order valence-electron chi connectivity index (χ2n) is 7.18. The monoisotopic (exact) mass is 417 g/mol. The third-order valence-electron chi connectivity index (χ3n) is 5.14. The molecule has 0 spiro atoms. The van der Waals surface area contributed by atoms with E-state index in [0.717, 1.165) is 31.2 Å². The van der Waals surface area contributed by atoms with Gasteiger partial charge in [0.2, 0.25) is 0 Å². The first kappa shape index (κ1) is 20.2. The molecule has 0 aliphatic carbocycles. The lowest BCUT2D eigenvalue weighted by Gasteiger charge is -2.31. The number of hydrogen-bond acceptors (Lipinski definition) is 5. The van der Waals surface area contributed by atoms with Crippen LogP contribution in [0, 0.1) is 5.82 Å². The molecular weight excluding hydrogens is 398 g/mol. The Morgan fingerprint density at radius 2 is 1.67 bits per heavy atom. The summed E-state index contributed by atoms with van der Waals surface area (Å²) in [7, 11) is 0. The predicted molar refractivity (Wildman–Crippen MR) is 105 cm³/mol. The van der Waals surface area contributed by atoms with Crippen LogP contribution in [-0.4, -0.2) is 34.1 Å². The van der Waals surface area contributed by atoms with Gasteiger partial charge in [-0.05, 0) is 31.0 Å². The molecule has 1 fully saturated rings. The van der Waals surface area contributed by atoms with Gasteiger partial charge in [0.25, 0.3) is 0 Å². The summed E-state index contributed by atoms with van der Waals surface area (Å²) in [4.78, 5) is 14.9. The van der Waals surface area contributed by atoms with Gasteiger partial charge in [-0.2, -0.15) is 13.2 Å². The Morgan fingerprint density at radius 1 is 0.967 bits per heavy atom. The lowest BCUT2D eigenvalue weighted by atomic mass is 10.0. The Morgan fingerprint density at radius 3 is 2.30 bits per heavy atom. The van der Waals surface area contributed by atoms with E-state index in [4.69, 9.17) is 5.73 Å². The Kier molecular flexibility index (Phi) is 5.38.